The maximum absolute atomic E-state index is 12.5. The van der Waals surface area contributed by atoms with Crippen LogP contribution in [0.4, 0.5) is 0 Å². The minimum absolute atomic E-state index is 0.0838. The molecule has 3 aromatic rings. The molecule has 166 valence electrons. The van der Waals surface area contributed by atoms with Crippen LogP contribution in [0.2, 0.25) is 0 Å². The van der Waals surface area contributed by atoms with Gasteiger partial charge in [-0.1, -0.05) is 54.6 Å². The minimum Gasteiger partial charge on any atom is -0.479 e. The number of carboxylic acid groups (broad SMARTS) is 2. The molecule has 0 aliphatic carbocycles. The van der Waals surface area contributed by atoms with Crippen LogP contribution in [0, 0.1) is 0 Å². The van der Waals surface area contributed by atoms with E-state index in [4.69, 9.17) is 5.11 Å². The second kappa shape index (κ2) is 9.41. The summed E-state index contributed by atoms with van der Waals surface area (Å²) in [5, 5.41) is 35.5. The Bertz CT molecular complexity index is 1110. The number of hydrogen-bond donors (Lipinski definition) is 5. The second-order valence-electron chi connectivity index (χ2n) is 7.41. The van der Waals surface area contributed by atoms with Gasteiger partial charge in [0.2, 0.25) is 0 Å². The van der Waals surface area contributed by atoms with Gasteiger partial charge >= 0.3 is 11.9 Å². The number of aliphatic carboxylic acids is 1. The van der Waals surface area contributed by atoms with Crippen LogP contribution >= 0.6 is 0 Å². The normalized spacial score (nSPS) is 12.8. The van der Waals surface area contributed by atoms with Crippen molar-refractivity contribution in [3.63, 3.8) is 0 Å². The summed E-state index contributed by atoms with van der Waals surface area (Å²) < 4.78 is 0. The number of carbonyl (C=O) groups excluding carboxylic acids is 1. The average Bonchev–Trinajstić information content (AvgIpc) is 3.25. The van der Waals surface area contributed by atoms with Gasteiger partial charge in [-0.15, -0.1) is 0 Å². The Kier molecular flexibility index (Phi) is 6.67. The van der Waals surface area contributed by atoms with E-state index < -0.39 is 30.0 Å². The van der Waals surface area contributed by atoms with Crippen molar-refractivity contribution in [2.75, 3.05) is 6.54 Å². The number of hydrogen-bond acceptors (Lipinski definition) is 6. The standard InChI is InChI=1S/C22H22N4O6/c1-22(32,21(30)31)13-26(25-19(27)17-11-18(20(28)29)24-23-17)12-14-7-9-16(10-8-14)15-5-3-2-4-6-15/h2-11,32H,12-13H2,1H3,(H,23,24)(H,25,27)(H,28,29)(H,30,31). The van der Waals surface area contributed by atoms with E-state index in [-0.39, 0.29) is 17.9 Å². The third kappa shape index (κ3) is 5.56. The third-order valence-electron chi connectivity index (χ3n) is 4.69. The molecule has 0 fully saturated rings. The molecule has 0 saturated heterocycles. The first kappa shape index (κ1) is 22.7. The number of aliphatic hydroxyl groups is 1. The first-order valence-corrected chi connectivity index (χ1v) is 9.60. The highest BCUT2D eigenvalue weighted by atomic mass is 16.4. The summed E-state index contributed by atoms with van der Waals surface area (Å²) in [6, 6.07) is 18.2. The number of benzene rings is 2. The van der Waals surface area contributed by atoms with E-state index in [1.165, 1.54) is 5.01 Å². The lowest BCUT2D eigenvalue weighted by molar-refractivity contribution is -0.159. The fraction of sp³-hybridized carbons (Fsp3) is 0.182. The minimum atomic E-state index is -2.14. The Hall–Kier alpha value is -4.02. The highest BCUT2D eigenvalue weighted by Crippen LogP contribution is 2.20. The summed E-state index contributed by atoms with van der Waals surface area (Å²) >= 11 is 0. The van der Waals surface area contributed by atoms with Crippen molar-refractivity contribution in [1.29, 1.82) is 0 Å². The summed E-state index contributed by atoms with van der Waals surface area (Å²) in [5.41, 5.74) is 2.65. The number of amides is 1. The van der Waals surface area contributed by atoms with Crippen LogP contribution in [0.1, 0.15) is 33.5 Å². The molecule has 1 atom stereocenters. The van der Waals surface area contributed by atoms with Crippen LogP contribution in [0.15, 0.2) is 60.7 Å². The Morgan fingerprint density at radius 1 is 1.03 bits per heavy atom. The zero-order valence-electron chi connectivity index (χ0n) is 17.1. The average molecular weight is 438 g/mol. The van der Waals surface area contributed by atoms with Crippen LogP contribution < -0.4 is 5.43 Å². The fourth-order valence-corrected chi connectivity index (χ4v) is 2.98. The SMILES string of the molecule is CC(O)(CN(Cc1ccc(-c2ccccc2)cc1)NC(=O)c1cc(C(=O)O)[nH]n1)C(=O)O. The largest absolute Gasteiger partial charge is 0.479 e. The van der Waals surface area contributed by atoms with E-state index in [1.807, 2.05) is 54.6 Å². The summed E-state index contributed by atoms with van der Waals surface area (Å²) in [4.78, 5) is 34.9. The quantitative estimate of drug-likeness (QED) is 0.316. The number of carboxylic acids is 2. The first-order chi connectivity index (χ1) is 15.2. The van der Waals surface area contributed by atoms with E-state index in [1.54, 1.807) is 0 Å². The lowest BCUT2D eigenvalue weighted by Gasteiger charge is -2.29. The number of hydrazine groups is 1. The van der Waals surface area contributed by atoms with Crippen molar-refractivity contribution in [3.05, 3.63) is 77.6 Å². The number of nitrogens with zero attached hydrogens (tertiary/aromatic N) is 2. The molecule has 1 unspecified atom stereocenters. The number of aromatic carboxylic acids is 1. The van der Waals surface area contributed by atoms with Gasteiger partial charge in [-0.2, -0.15) is 5.10 Å². The molecular weight excluding hydrogens is 416 g/mol. The van der Waals surface area contributed by atoms with E-state index in [2.05, 4.69) is 15.6 Å². The number of aromatic nitrogens is 2. The molecule has 1 amide bonds. The highest BCUT2D eigenvalue weighted by molar-refractivity contribution is 5.95. The Morgan fingerprint density at radius 3 is 2.22 bits per heavy atom. The summed E-state index contributed by atoms with van der Waals surface area (Å²) in [5.74, 6) is -3.49. The zero-order chi connectivity index (χ0) is 23.3. The molecular formula is C22H22N4O6. The summed E-state index contributed by atoms with van der Waals surface area (Å²) in [6.45, 7) is 0.773. The van der Waals surface area contributed by atoms with Crippen LogP contribution in [0.5, 0.6) is 0 Å². The molecule has 0 aliphatic heterocycles. The highest BCUT2D eigenvalue weighted by Gasteiger charge is 2.33. The van der Waals surface area contributed by atoms with Crippen LogP contribution in [0.3, 0.4) is 0 Å². The number of nitrogens with one attached hydrogen (secondary N) is 2. The Balaban J connectivity index is 1.78. The predicted molar refractivity (Wildman–Crippen MR) is 114 cm³/mol. The van der Waals surface area contributed by atoms with Gasteiger partial charge in [0.1, 0.15) is 5.69 Å². The third-order valence-corrected chi connectivity index (χ3v) is 4.69. The van der Waals surface area contributed by atoms with E-state index in [0.29, 0.717) is 0 Å². The van der Waals surface area contributed by atoms with Crippen molar-refractivity contribution in [2.24, 2.45) is 0 Å². The molecule has 3 rings (SSSR count). The Labute approximate surface area is 183 Å². The molecule has 10 nitrogen and oxygen atoms in total. The molecule has 2 aromatic carbocycles. The molecule has 0 bridgehead atoms. The molecule has 0 saturated carbocycles. The maximum Gasteiger partial charge on any atom is 0.353 e. The first-order valence-electron chi connectivity index (χ1n) is 9.60. The van der Waals surface area contributed by atoms with Crippen LogP contribution in [0.25, 0.3) is 11.1 Å². The van der Waals surface area contributed by atoms with Crippen molar-refractivity contribution < 1.29 is 29.7 Å². The molecule has 0 spiro atoms. The topological polar surface area (TPSA) is 156 Å². The van der Waals surface area contributed by atoms with E-state index in [0.717, 1.165) is 29.7 Å². The van der Waals surface area contributed by atoms with Gasteiger partial charge in [0.15, 0.2) is 11.3 Å². The zero-order valence-corrected chi connectivity index (χ0v) is 17.1. The van der Waals surface area contributed by atoms with Gasteiger partial charge < -0.3 is 15.3 Å². The number of rotatable bonds is 9. The molecule has 5 N–H and O–H groups in total. The molecule has 0 aliphatic rings. The van der Waals surface area contributed by atoms with Gasteiger partial charge in [0.25, 0.3) is 5.91 Å². The number of H-pyrrole nitrogens is 1. The second-order valence-corrected chi connectivity index (χ2v) is 7.41. The Morgan fingerprint density at radius 2 is 1.66 bits per heavy atom. The molecule has 32 heavy (non-hydrogen) atoms. The fourth-order valence-electron chi connectivity index (χ4n) is 2.98. The molecule has 0 radical (unpaired) electrons. The van der Waals surface area contributed by atoms with Crippen molar-refractivity contribution in [1.82, 2.24) is 20.6 Å². The lowest BCUT2D eigenvalue weighted by Crippen LogP contribution is -2.52. The van der Waals surface area contributed by atoms with Gasteiger partial charge in [0, 0.05) is 12.6 Å². The monoisotopic (exact) mass is 438 g/mol. The lowest BCUT2D eigenvalue weighted by atomic mass is 10.0. The maximum atomic E-state index is 12.5. The predicted octanol–water partition coefficient (Wildman–Crippen LogP) is 1.76. The van der Waals surface area contributed by atoms with E-state index in [9.17, 15) is 24.6 Å². The summed E-state index contributed by atoms with van der Waals surface area (Å²) in [6.07, 6.45) is 0. The van der Waals surface area contributed by atoms with Crippen molar-refractivity contribution >= 4 is 17.8 Å². The van der Waals surface area contributed by atoms with Crippen molar-refractivity contribution in [3.8, 4) is 11.1 Å². The molecule has 10 heteroatoms. The van der Waals surface area contributed by atoms with Gasteiger partial charge in [0.05, 0.1) is 6.54 Å². The van der Waals surface area contributed by atoms with Gasteiger partial charge in [-0.3, -0.25) is 15.3 Å². The molecule has 1 heterocycles. The van der Waals surface area contributed by atoms with Gasteiger partial charge in [-0.25, -0.2) is 14.6 Å². The number of carbonyl (C=O) groups is 3. The van der Waals surface area contributed by atoms with Crippen LogP contribution in [-0.2, 0) is 11.3 Å². The molecule has 1 aromatic heterocycles. The van der Waals surface area contributed by atoms with E-state index >= 15 is 0 Å². The van der Waals surface area contributed by atoms with Crippen LogP contribution in [-0.4, -0.2) is 60.5 Å². The van der Waals surface area contributed by atoms with Crippen molar-refractivity contribution in [2.45, 2.75) is 19.1 Å². The smallest absolute Gasteiger partial charge is 0.353 e. The summed E-state index contributed by atoms with van der Waals surface area (Å²) in [7, 11) is 0. The van der Waals surface area contributed by atoms with Gasteiger partial charge in [-0.05, 0) is 23.6 Å². The number of aromatic amines is 1.